The fourth-order valence-corrected chi connectivity index (χ4v) is 6.87. The number of aromatic carboxylic acids is 1. The summed E-state index contributed by atoms with van der Waals surface area (Å²) in [5.41, 5.74) is 8.01. The van der Waals surface area contributed by atoms with Crippen molar-refractivity contribution in [2.24, 2.45) is 5.92 Å². The molecule has 2 bridgehead atoms. The summed E-state index contributed by atoms with van der Waals surface area (Å²) >= 11 is 6.14. The number of hydrogen-bond donors (Lipinski definition) is 4. The minimum absolute atomic E-state index is 0.132. The van der Waals surface area contributed by atoms with Gasteiger partial charge in [-0.3, -0.25) is 14.5 Å². The molecule has 232 valence electrons. The van der Waals surface area contributed by atoms with E-state index in [2.05, 4.69) is 20.4 Å². The SMILES string of the molecule is COc1cc(N)c(Cl)cc1C(=O)N[C@@H]1CCN(CCNC(=O)c2ccc(C(=O)O)c(C3CN4CCC3CC4)c2)C[C@@H]1OC. The highest BCUT2D eigenvalue weighted by atomic mass is 35.5. The van der Waals surface area contributed by atoms with E-state index in [9.17, 15) is 19.5 Å². The standard InChI is InChI=1S/C31H40ClN5O6/c1-42-27-15-25(33)24(32)14-22(27)30(39)35-26-7-11-37(17-28(26)43-2)12-8-34-29(38)19-3-4-20(31(40)41)21(13-19)23-16-36-9-5-18(23)6-10-36/h3-4,13-15,18,23,26,28H,5-12,16-17,33H2,1-2H3,(H,34,38)(H,35,39)(H,40,41)/t23?,26-,28+/m1/s1. The number of methoxy groups -OCH3 is 2. The van der Waals surface area contributed by atoms with E-state index in [0.717, 1.165) is 38.0 Å². The van der Waals surface area contributed by atoms with Gasteiger partial charge in [0.15, 0.2) is 0 Å². The number of nitrogens with two attached hydrogens (primary N) is 1. The number of nitrogens with one attached hydrogen (secondary N) is 2. The number of carboxylic acid groups (broad SMARTS) is 1. The predicted molar refractivity (Wildman–Crippen MR) is 163 cm³/mol. The summed E-state index contributed by atoms with van der Waals surface area (Å²) in [6, 6.07) is 7.76. The molecule has 4 aliphatic heterocycles. The van der Waals surface area contributed by atoms with Crippen molar-refractivity contribution in [3.05, 3.63) is 57.6 Å². The van der Waals surface area contributed by atoms with E-state index in [4.69, 9.17) is 26.8 Å². The molecule has 0 aromatic heterocycles. The van der Waals surface area contributed by atoms with Gasteiger partial charge in [0.2, 0.25) is 0 Å². The van der Waals surface area contributed by atoms with Gasteiger partial charge >= 0.3 is 5.97 Å². The number of carbonyl (C=O) groups excluding carboxylic acids is 2. The number of nitrogen functional groups attached to an aromatic ring is 1. The summed E-state index contributed by atoms with van der Waals surface area (Å²) in [5, 5.41) is 16.1. The number of nitrogens with zero attached hydrogens (tertiary/aromatic N) is 2. The van der Waals surface area contributed by atoms with Gasteiger partial charge < -0.3 is 35.8 Å². The zero-order valence-corrected chi connectivity index (χ0v) is 25.4. The molecule has 3 atom stereocenters. The van der Waals surface area contributed by atoms with Crippen LogP contribution in [0.3, 0.4) is 0 Å². The molecule has 0 radical (unpaired) electrons. The van der Waals surface area contributed by atoms with Crippen LogP contribution in [0.5, 0.6) is 5.75 Å². The van der Waals surface area contributed by atoms with Crippen molar-refractivity contribution >= 4 is 35.1 Å². The number of hydrogen-bond acceptors (Lipinski definition) is 8. The van der Waals surface area contributed by atoms with Crippen LogP contribution in [0.4, 0.5) is 5.69 Å². The molecule has 4 heterocycles. The Balaban J connectivity index is 1.15. The van der Waals surface area contributed by atoms with E-state index in [1.54, 1.807) is 25.3 Å². The predicted octanol–water partition coefficient (Wildman–Crippen LogP) is 2.69. The number of anilines is 1. The maximum atomic E-state index is 13.1. The fraction of sp³-hybridized carbons (Fsp3) is 0.516. The number of carbonyl (C=O) groups is 3. The quantitative estimate of drug-likeness (QED) is 0.297. The minimum atomic E-state index is -0.956. The van der Waals surface area contributed by atoms with E-state index in [1.165, 1.54) is 19.2 Å². The molecule has 5 N–H and O–H groups in total. The number of rotatable bonds is 10. The van der Waals surface area contributed by atoms with Crippen LogP contribution in [0, 0.1) is 5.92 Å². The van der Waals surface area contributed by atoms with Crippen molar-refractivity contribution in [3.8, 4) is 5.75 Å². The number of piperidine rings is 4. The van der Waals surface area contributed by atoms with Crippen LogP contribution in [0.1, 0.15) is 61.8 Å². The van der Waals surface area contributed by atoms with Crippen LogP contribution in [-0.2, 0) is 4.74 Å². The summed E-state index contributed by atoms with van der Waals surface area (Å²) in [5.74, 6) is -0.572. The first-order chi connectivity index (χ1) is 20.7. The molecule has 2 aromatic rings. The summed E-state index contributed by atoms with van der Waals surface area (Å²) in [6.45, 7) is 5.27. The number of amides is 2. The van der Waals surface area contributed by atoms with Crippen LogP contribution >= 0.6 is 11.6 Å². The topological polar surface area (TPSA) is 146 Å². The maximum absolute atomic E-state index is 13.1. The van der Waals surface area contributed by atoms with E-state index in [0.29, 0.717) is 61.1 Å². The lowest BCUT2D eigenvalue weighted by Gasteiger charge is -2.45. The smallest absolute Gasteiger partial charge is 0.335 e. The number of fused-ring (bicyclic) bond motifs is 3. The number of benzene rings is 2. The van der Waals surface area contributed by atoms with E-state index < -0.39 is 5.97 Å². The van der Waals surface area contributed by atoms with Gasteiger partial charge in [-0.2, -0.15) is 0 Å². The lowest BCUT2D eigenvalue weighted by Crippen LogP contribution is -2.55. The Bertz CT molecular complexity index is 1360. The first-order valence-corrected chi connectivity index (χ1v) is 15.1. The van der Waals surface area contributed by atoms with Gasteiger partial charge in [0.1, 0.15) is 5.75 Å². The summed E-state index contributed by atoms with van der Waals surface area (Å²) in [7, 11) is 3.08. The van der Waals surface area contributed by atoms with E-state index >= 15 is 0 Å². The molecule has 1 unspecified atom stereocenters. The van der Waals surface area contributed by atoms with Gasteiger partial charge in [-0.25, -0.2) is 4.79 Å². The lowest BCUT2D eigenvalue weighted by atomic mass is 9.74. The molecule has 4 fully saturated rings. The second-order valence-electron chi connectivity index (χ2n) is 11.6. The molecule has 4 aliphatic rings. The van der Waals surface area contributed by atoms with Crippen molar-refractivity contribution < 1.29 is 29.0 Å². The van der Waals surface area contributed by atoms with Crippen molar-refractivity contribution in [2.45, 2.75) is 37.3 Å². The van der Waals surface area contributed by atoms with E-state index in [1.807, 2.05) is 0 Å². The summed E-state index contributed by atoms with van der Waals surface area (Å²) in [6.07, 6.45) is 2.53. The van der Waals surface area contributed by atoms with Crippen molar-refractivity contribution in [2.75, 3.05) is 65.8 Å². The van der Waals surface area contributed by atoms with Crippen LogP contribution < -0.4 is 21.1 Å². The van der Waals surface area contributed by atoms with Gasteiger partial charge in [0.05, 0.1) is 41.1 Å². The first-order valence-electron chi connectivity index (χ1n) is 14.7. The van der Waals surface area contributed by atoms with Gasteiger partial charge in [-0.1, -0.05) is 11.6 Å². The van der Waals surface area contributed by atoms with Crippen LogP contribution in [0.2, 0.25) is 5.02 Å². The average Bonchev–Trinajstić information content (AvgIpc) is 3.02. The van der Waals surface area contributed by atoms with Crippen LogP contribution in [0.25, 0.3) is 0 Å². The summed E-state index contributed by atoms with van der Waals surface area (Å²) < 4.78 is 11.0. The highest BCUT2D eigenvalue weighted by Gasteiger charge is 2.37. The number of likely N-dealkylation sites (tertiary alicyclic amines) is 1. The molecule has 0 saturated carbocycles. The maximum Gasteiger partial charge on any atom is 0.335 e. The molecule has 43 heavy (non-hydrogen) atoms. The third-order valence-corrected chi connectivity index (χ3v) is 9.47. The van der Waals surface area contributed by atoms with Gasteiger partial charge in [0, 0.05) is 57.4 Å². The molecule has 12 heteroatoms. The Hall–Kier alpha value is -3.38. The van der Waals surface area contributed by atoms with Crippen LogP contribution in [-0.4, -0.2) is 105 Å². The van der Waals surface area contributed by atoms with Crippen molar-refractivity contribution in [1.82, 2.24) is 20.4 Å². The molecule has 2 amide bonds. The largest absolute Gasteiger partial charge is 0.496 e. The highest BCUT2D eigenvalue weighted by molar-refractivity contribution is 6.33. The Morgan fingerprint density at radius 3 is 2.44 bits per heavy atom. The molecular formula is C31H40ClN5O6. The van der Waals surface area contributed by atoms with Gasteiger partial charge in [0.25, 0.3) is 11.8 Å². The fourth-order valence-electron chi connectivity index (χ4n) is 6.70. The monoisotopic (exact) mass is 613 g/mol. The van der Waals surface area contributed by atoms with Crippen molar-refractivity contribution in [3.63, 3.8) is 0 Å². The molecule has 11 nitrogen and oxygen atoms in total. The van der Waals surface area contributed by atoms with Gasteiger partial charge in [-0.05, 0) is 68.1 Å². The van der Waals surface area contributed by atoms with Gasteiger partial charge in [-0.15, -0.1) is 0 Å². The molecular weight excluding hydrogens is 574 g/mol. The molecule has 0 aliphatic carbocycles. The highest BCUT2D eigenvalue weighted by Crippen LogP contribution is 2.40. The Kier molecular flexibility index (Phi) is 9.75. The molecule has 4 saturated heterocycles. The zero-order valence-electron chi connectivity index (χ0n) is 24.6. The normalized spacial score (nSPS) is 25.2. The van der Waals surface area contributed by atoms with E-state index in [-0.39, 0.29) is 40.5 Å². The summed E-state index contributed by atoms with van der Waals surface area (Å²) in [4.78, 5) is 42.7. The van der Waals surface area contributed by atoms with Crippen LogP contribution in [0.15, 0.2) is 30.3 Å². The lowest BCUT2D eigenvalue weighted by molar-refractivity contribution is 0.00682. The number of carboxylic acids is 1. The third kappa shape index (κ3) is 6.90. The second kappa shape index (κ2) is 13.5. The number of ether oxygens (including phenoxy) is 2. The number of halogens is 1. The van der Waals surface area contributed by atoms with Crippen molar-refractivity contribution in [1.29, 1.82) is 0 Å². The Labute approximate surface area is 256 Å². The first kappa shape index (κ1) is 31.1. The molecule has 0 spiro atoms. The second-order valence-corrected chi connectivity index (χ2v) is 12.0. The average molecular weight is 614 g/mol. The molecule has 2 aromatic carbocycles. The third-order valence-electron chi connectivity index (χ3n) is 9.14. The minimum Gasteiger partial charge on any atom is -0.496 e. The Morgan fingerprint density at radius 2 is 1.79 bits per heavy atom. The Morgan fingerprint density at radius 1 is 1.02 bits per heavy atom. The zero-order chi connectivity index (χ0) is 30.7. The molecule has 6 rings (SSSR count).